The van der Waals surface area contributed by atoms with E-state index >= 15 is 0 Å². The summed E-state index contributed by atoms with van der Waals surface area (Å²) in [5.74, 6) is 2.00. The number of hydrogen-bond donors (Lipinski definition) is 2. The quantitative estimate of drug-likeness (QED) is 0.505. The van der Waals surface area contributed by atoms with E-state index in [9.17, 15) is 0 Å². The van der Waals surface area contributed by atoms with Crippen LogP contribution in [0.5, 0.6) is 0 Å². The molecule has 2 aromatic rings. The predicted octanol–water partition coefficient (Wildman–Crippen LogP) is 2.60. The Morgan fingerprint density at radius 3 is 2.54 bits per heavy atom. The van der Waals surface area contributed by atoms with Gasteiger partial charge >= 0.3 is 0 Å². The van der Waals surface area contributed by atoms with Crippen LogP contribution in [0.15, 0.2) is 30.6 Å². The zero-order valence-electron chi connectivity index (χ0n) is 15.4. The molecule has 4 rings (SSSR count). The summed E-state index contributed by atoms with van der Waals surface area (Å²) in [5, 5.41) is 8.85. The maximum Gasteiger partial charge on any atom is 0.225 e. The number of nitrogens with two attached hydrogens (primary N) is 1. The Labute approximate surface area is 154 Å². The molecule has 2 fully saturated rings. The average Bonchev–Trinajstić information content (AvgIpc) is 3.47. The largest absolute Gasteiger partial charge is 0.398 e. The highest BCUT2D eigenvalue weighted by Gasteiger charge is 2.41. The molecule has 1 saturated carbocycles. The molecule has 1 aromatic heterocycles. The summed E-state index contributed by atoms with van der Waals surface area (Å²) >= 11 is 0. The maximum atomic E-state index is 8.85. The molecule has 1 atom stereocenters. The van der Waals surface area contributed by atoms with Gasteiger partial charge in [-0.3, -0.25) is 5.41 Å². The highest BCUT2D eigenvalue weighted by atomic mass is 15.3. The van der Waals surface area contributed by atoms with Crippen LogP contribution in [0.3, 0.4) is 0 Å². The molecule has 1 aromatic carbocycles. The third-order valence-electron chi connectivity index (χ3n) is 5.46. The SMILES string of the molecule is Cc1cnc(N2CCN(C(=N)c3c(C)cccc3N)C(C3CC3)C2)nc1. The highest BCUT2D eigenvalue weighted by Crippen LogP contribution is 2.38. The fourth-order valence-corrected chi connectivity index (χ4v) is 3.86. The molecule has 3 N–H and O–H groups in total. The molecule has 0 amide bonds. The Hall–Kier alpha value is -2.63. The molecular weight excluding hydrogens is 324 g/mol. The molecular formula is C20H26N6. The van der Waals surface area contributed by atoms with E-state index in [2.05, 4.69) is 19.8 Å². The summed E-state index contributed by atoms with van der Waals surface area (Å²) in [4.78, 5) is 13.5. The van der Waals surface area contributed by atoms with Crippen LogP contribution in [0.4, 0.5) is 11.6 Å². The van der Waals surface area contributed by atoms with E-state index in [1.807, 2.05) is 44.4 Å². The van der Waals surface area contributed by atoms with E-state index in [1.54, 1.807) is 0 Å². The second kappa shape index (κ2) is 6.59. The van der Waals surface area contributed by atoms with Crippen molar-refractivity contribution in [2.75, 3.05) is 30.3 Å². The summed E-state index contributed by atoms with van der Waals surface area (Å²) in [6.45, 7) is 6.51. The topological polar surface area (TPSA) is 82.1 Å². The molecule has 1 aliphatic carbocycles. The van der Waals surface area contributed by atoms with Gasteiger partial charge in [-0.1, -0.05) is 12.1 Å². The van der Waals surface area contributed by atoms with E-state index in [-0.39, 0.29) is 0 Å². The first-order valence-electron chi connectivity index (χ1n) is 9.29. The second-order valence-electron chi connectivity index (χ2n) is 7.49. The Morgan fingerprint density at radius 2 is 1.88 bits per heavy atom. The van der Waals surface area contributed by atoms with Crippen molar-refractivity contribution in [3.63, 3.8) is 0 Å². The lowest BCUT2D eigenvalue weighted by Crippen LogP contribution is -2.56. The van der Waals surface area contributed by atoms with E-state index in [1.165, 1.54) is 12.8 Å². The smallest absolute Gasteiger partial charge is 0.225 e. The number of nitrogens with zero attached hydrogens (tertiary/aromatic N) is 4. The standard InChI is InChI=1S/C20H26N6/c1-13-10-23-20(24-11-13)25-8-9-26(17(12-25)15-6-7-15)19(22)18-14(2)4-3-5-16(18)21/h3-5,10-11,15,17,22H,6-9,12,21H2,1-2H3. The van der Waals surface area contributed by atoms with Crippen molar-refractivity contribution in [3.05, 3.63) is 47.3 Å². The van der Waals surface area contributed by atoms with Crippen LogP contribution in [0, 0.1) is 25.2 Å². The summed E-state index contributed by atoms with van der Waals surface area (Å²) in [5.41, 5.74) is 9.90. The van der Waals surface area contributed by atoms with E-state index in [0.29, 0.717) is 23.5 Å². The second-order valence-corrected chi connectivity index (χ2v) is 7.49. The molecule has 136 valence electrons. The predicted molar refractivity (Wildman–Crippen MR) is 105 cm³/mol. The zero-order valence-corrected chi connectivity index (χ0v) is 15.4. The van der Waals surface area contributed by atoms with Gasteiger partial charge in [0.1, 0.15) is 5.84 Å². The Balaban J connectivity index is 1.58. The van der Waals surface area contributed by atoms with Crippen molar-refractivity contribution in [1.82, 2.24) is 14.9 Å². The van der Waals surface area contributed by atoms with Gasteiger partial charge in [-0.15, -0.1) is 0 Å². The van der Waals surface area contributed by atoms with Crippen LogP contribution < -0.4 is 10.6 Å². The molecule has 2 heterocycles. The van der Waals surface area contributed by atoms with E-state index in [4.69, 9.17) is 11.1 Å². The molecule has 0 radical (unpaired) electrons. The zero-order chi connectivity index (χ0) is 18.3. The van der Waals surface area contributed by atoms with Crippen molar-refractivity contribution in [1.29, 1.82) is 5.41 Å². The van der Waals surface area contributed by atoms with Crippen LogP contribution in [-0.2, 0) is 0 Å². The molecule has 6 heteroatoms. The number of piperazine rings is 1. The van der Waals surface area contributed by atoms with Crippen LogP contribution in [0.25, 0.3) is 0 Å². The Kier molecular flexibility index (Phi) is 4.26. The summed E-state index contributed by atoms with van der Waals surface area (Å²) in [6.07, 6.45) is 6.22. The van der Waals surface area contributed by atoms with Gasteiger partial charge < -0.3 is 15.5 Å². The van der Waals surface area contributed by atoms with Crippen LogP contribution in [0.1, 0.15) is 29.5 Å². The lowest BCUT2D eigenvalue weighted by atomic mass is 10.0. The van der Waals surface area contributed by atoms with Gasteiger partial charge in [-0.05, 0) is 49.8 Å². The molecule has 1 unspecified atom stereocenters. The molecule has 26 heavy (non-hydrogen) atoms. The van der Waals surface area contributed by atoms with Gasteiger partial charge in [0.25, 0.3) is 0 Å². The van der Waals surface area contributed by atoms with Crippen LogP contribution >= 0.6 is 0 Å². The van der Waals surface area contributed by atoms with E-state index in [0.717, 1.165) is 42.3 Å². The molecule has 0 spiro atoms. The van der Waals surface area contributed by atoms with Crippen molar-refractivity contribution < 1.29 is 0 Å². The Bertz CT molecular complexity index is 791. The number of nitrogens with one attached hydrogen (secondary N) is 1. The number of amidine groups is 1. The summed E-state index contributed by atoms with van der Waals surface area (Å²) < 4.78 is 0. The van der Waals surface area contributed by atoms with E-state index < -0.39 is 0 Å². The van der Waals surface area contributed by atoms with Crippen molar-refractivity contribution in [2.24, 2.45) is 5.92 Å². The van der Waals surface area contributed by atoms with Gasteiger partial charge in [0, 0.05) is 43.3 Å². The number of nitrogen functional groups attached to an aromatic ring is 1. The average molecular weight is 350 g/mol. The summed E-state index contributed by atoms with van der Waals surface area (Å²) in [6, 6.07) is 6.19. The molecule has 1 aliphatic heterocycles. The van der Waals surface area contributed by atoms with Gasteiger partial charge in [0.15, 0.2) is 0 Å². The highest BCUT2D eigenvalue weighted by molar-refractivity contribution is 6.02. The van der Waals surface area contributed by atoms with Crippen LogP contribution in [0.2, 0.25) is 0 Å². The minimum Gasteiger partial charge on any atom is -0.398 e. The van der Waals surface area contributed by atoms with Crippen molar-refractivity contribution in [3.8, 4) is 0 Å². The molecule has 0 bridgehead atoms. The number of aryl methyl sites for hydroxylation is 2. The van der Waals surface area contributed by atoms with Gasteiger partial charge in [-0.25, -0.2) is 9.97 Å². The molecule has 1 saturated heterocycles. The minimum atomic E-state index is 0.320. The Morgan fingerprint density at radius 1 is 1.15 bits per heavy atom. The third kappa shape index (κ3) is 3.11. The van der Waals surface area contributed by atoms with Crippen LogP contribution in [-0.4, -0.2) is 46.4 Å². The minimum absolute atomic E-state index is 0.320. The van der Waals surface area contributed by atoms with Gasteiger partial charge in [0.2, 0.25) is 5.95 Å². The normalized spacial score (nSPS) is 20.3. The first-order chi connectivity index (χ1) is 12.5. The van der Waals surface area contributed by atoms with Gasteiger partial charge in [0.05, 0.1) is 6.04 Å². The van der Waals surface area contributed by atoms with Gasteiger partial charge in [-0.2, -0.15) is 0 Å². The molecule has 6 nitrogen and oxygen atoms in total. The first kappa shape index (κ1) is 16.8. The first-order valence-corrected chi connectivity index (χ1v) is 9.29. The lowest BCUT2D eigenvalue weighted by Gasteiger charge is -2.43. The number of rotatable bonds is 3. The molecule has 2 aliphatic rings. The number of benzene rings is 1. The lowest BCUT2D eigenvalue weighted by molar-refractivity contribution is 0.252. The van der Waals surface area contributed by atoms with Crippen molar-refractivity contribution in [2.45, 2.75) is 32.7 Å². The fourth-order valence-electron chi connectivity index (χ4n) is 3.86. The number of hydrogen-bond acceptors (Lipinski definition) is 5. The number of aromatic nitrogens is 2. The monoisotopic (exact) mass is 350 g/mol. The fraction of sp³-hybridized carbons (Fsp3) is 0.450. The third-order valence-corrected chi connectivity index (χ3v) is 5.46. The van der Waals surface area contributed by atoms with Crippen molar-refractivity contribution >= 4 is 17.5 Å². The maximum absolute atomic E-state index is 8.85. The summed E-state index contributed by atoms with van der Waals surface area (Å²) in [7, 11) is 0. The number of anilines is 2.